The Hall–Kier alpha value is -2.10. The van der Waals surface area contributed by atoms with Crippen molar-refractivity contribution in [2.75, 3.05) is 24.3 Å². The summed E-state index contributed by atoms with van der Waals surface area (Å²) in [6.07, 6.45) is 1.59. The maximum Gasteiger partial charge on any atom is 0.141 e. The summed E-state index contributed by atoms with van der Waals surface area (Å²) in [5, 5.41) is 3.08. The standard InChI is InChI=1S/C14H18N4/c1-10-7-5-6-8-12(10)18(4)14-11(2)13(15-3)16-9-17-14/h5-9H,1-4H3,(H,15,16,17). The Bertz CT molecular complexity index is 551. The van der Waals surface area contributed by atoms with Gasteiger partial charge in [-0.1, -0.05) is 18.2 Å². The van der Waals surface area contributed by atoms with Gasteiger partial charge in [0.05, 0.1) is 0 Å². The van der Waals surface area contributed by atoms with Gasteiger partial charge in [-0.3, -0.25) is 0 Å². The largest absolute Gasteiger partial charge is 0.373 e. The zero-order valence-corrected chi connectivity index (χ0v) is 11.2. The number of para-hydroxylation sites is 1. The number of benzene rings is 1. The maximum atomic E-state index is 4.38. The Morgan fingerprint density at radius 3 is 2.50 bits per heavy atom. The van der Waals surface area contributed by atoms with Crippen LogP contribution in [0.1, 0.15) is 11.1 Å². The van der Waals surface area contributed by atoms with Crippen molar-refractivity contribution in [2.24, 2.45) is 0 Å². The van der Waals surface area contributed by atoms with Crippen LogP contribution >= 0.6 is 0 Å². The topological polar surface area (TPSA) is 41.1 Å². The Labute approximate surface area is 108 Å². The van der Waals surface area contributed by atoms with Gasteiger partial charge < -0.3 is 10.2 Å². The minimum Gasteiger partial charge on any atom is -0.373 e. The molecule has 0 radical (unpaired) electrons. The summed E-state index contributed by atoms with van der Waals surface area (Å²) in [4.78, 5) is 10.7. The Morgan fingerprint density at radius 1 is 1.11 bits per heavy atom. The number of nitrogens with one attached hydrogen (secondary N) is 1. The van der Waals surface area contributed by atoms with Gasteiger partial charge in [-0.05, 0) is 25.5 Å². The first kappa shape index (κ1) is 12.4. The van der Waals surface area contributed by atoms with Gasteiger partial charge in [0.15, 0.2) is 0 Å². The molecule has 0 aliphatic carbocycles. The van der Waals surface area contributed by atoms with Gasteiger partial charge in [0.25, 0.3) is 0 Å². The number of hydrogen-bond acceptors (Lipinski definition) is 4. The van der Waals surface area contributed by atoms with Crippen molar-refractivity contribution in [3.05, 3.63) is 41.7 Å². The van der Waals surface area contributed by atoms with E-state index in [1.165, 1.54) is 5.56 Å². The number of nitrogens with zero attached hydrogens (tertiary/aromatic N) is 3. The molecule has 0 saturated heterocycles. The second-order valence-corrected chi connectivity index (χ2v) is 4.27. The quantitative estimate of drug-likeness (QED) is 0.898. The molecule has 1 aromatic heterocycles. The summed E-state index contributed by atoms with van der Waals surface area (Å²) in [7, 11) is 3.89. The van der Waals surface area contributed by atoms with Crippen molar-refractivity contribution in [3.63, 3.8) is 0 Å². The maximum absolute atomic E-state index is 4.38. The molecule has 1 heterocycles. The molecule has 4 heteroatoms. The molecule has 4 nitrogen and oxygen atoms in total. The fourth-order valence-electron chi connectivity index (χ4n) is 2.08. The van der Waals surface area contributed by atoms with Crippen LogP contribution in [-0.2, 0) is 0 Å². The number of aromatic nitrogens is 2. The first-order valence-corrected chi connectivity index (χ1v) is 5.94. The van der Waals surface area contributed by atoms with Crippen LogP contribution in [0.5, 0.6) is 0 Å². The summed E-state index contributed by atoms with van der Waals surface area (Å²) < 4.78 is 0. The molecule has 0 amide bonds. The van der Waals surface area contributed by atoms with E-state index in [9.17, 15) is 0 Å². The van der Waals surface area contributed by atoms with Crippen molar-refractivity contribution in [1.29, 1.82) is 0 Å². The second kappa shape index (κ2) is 5.04. The van der Waals surface area contributed by atoms with E-state index in [0.29, 0.717) is 0 Å². The molecule has 0 aliphatic heterocycles. The summed E-state index contributed by atoms with van der Waals surface area (Å²) in [6, 6.07) is 8.27. The number of aryl methyl sites for hydroxylation is 1. The smallest absolute Gasteiger partial charge is 0.141 e. The molecule has 0 aliphatic rings. The lowest BCUT2D eigenvalue weighted by Crippen LogP contribution is -2.15. The van der Waals surface area contributed by atoms with Gasteiger partial charge in [0.2, 0.25) is 0 Å². The van der Waals surface area contributed by atoms with Crippen LogP contribution in [0.25, 0.3) is 0 Å². The SMILES string of the molecule is CNc1ncnc(N(C)c2ccccc2C)c1C. The van der Waals surface area contributed by atoms with E-state index in [2.05, 4.69) is 39.2 Å². The van der Waals surface area contributed by atoms with Crippen LogP contribution in [0, 0.1) is 13.8 Å². The van der Waals surface area contributed by atoms with Gasteiger partial charge >= 0.3 is 0 Å². The summed E-state index contributed by atoms with van der Waals surface area (Å²) >= 11 is 0. The van der Waals surface area contributed by atoms with Crippen molar-refractivity contribution in [3.8, 4) is 0 Å². The van der Waals surface area contributed by atoms with E-state index in [4.69, 9.17) is 0 Å². The fourth-order valence-corrected chi connectivity index (χ4v) is 2.08. The van der Waals surface area contributed by atoms with Gasteiger partial charge in [-0.15, -0.1) is 0 Å². The minimum absolute atomic E-state index is 0.862. The third-order valence-electron chi connectivity index (χ3n) is 3.09. The summed E-state index contributed by atoms with van der Waals surface area (Å²) in [5.74, 6) is 1.78. The molecule has 1 N–H and O–H groups in total. The monoisotopic (exact) mass is 242 g/mol. The molecule has 1 aromatic carbocycles. The normalized spacial score (nSPS) is 10.2. The molecule has 2 rings (SSSR count). The predicted octanol–water partition coefficient (Wildman–Crippen LogP) is 2.90. The van der Waals surface area contributed by atoms with Crippen molar-refractivity contribution in [2.45, 2.75) is 13.8 Å². The molecular weight excluding hydrogens is 224 g/mol. The third kappa shape index (κ3) is 2.14. The lowest BCUT2D eigenvalue weighted by molar-refractivity contribution is 1.04. The number of rotatable bonds is 3. The minimum atomic E-state index is 0.862. The molecular formula is C14H18N4. The number of hydrogen-bond donors (Lipinski definition) is 1. The van der Waals surface area contributed by atoms with Crippen LogP contribution in [0.4, 0.5) is 17.3 Å². The molecule has 0 fully saturated rings. The highest BCUT2D eigenvalue weighted by atomic mass is 15.2. The van der Waals surface area contributed by atoms with E-state index in [1.807, 2.05) is 33.2 Å². The molecule has 0 atom stereocenters. The van der Waals surface area contributed by atoms with Gasteiger partial charge in [-0.25, -0.2) is 9.97 Å². The van der Waals surface area contributed by atoms with Crippen molar-refractivity contribution >= 4 is 17.3 Å². The van der Waals surface area contributed by atoms with E-state index in [1.54, 1.807) is 6.33 Å². The Balaban J connectivity index is 2.47. The molecule has 0 spiro atoms. The lowest BCUT2D eigenvalue weighted by atomic mass is 10.1. The lowest BCUT2D eigenvalue weighted by Gasteiger charge is -2.22. The van der Waals surface area contributed by atoms with Crippen LogP contribution in [0.3, 0.4) is 0 Å². The fraction of sp³-hybridized carbons (Fsp3) is 0.286. The molecule has 0 unspecified atom stereocenters. The van der Waals surface area contributed by atoms with Crippen LogP contribution in [-0.4, -0.2) is 24.1 Å². The molecule has 18 heavy (non-hydrogen) atoms. The molecule has 2 aromatic rings. The van der Waals surface area contributed by atoms with E-state index < -0.39 is 0 Å². The molecule has 94 valence electrons. The second-order valence-electron chi connectivity index (χ2n) is 4.27. The molecule has 0 saturated carbocycles. The van der Waals surface area contributed by atoms with E-state index in [-0.39, 0.29) is 0 Å². The Kier molecular flexibility index (Phi) is 3.46. The summed E-state index contributed by atoms with van der Waals surface area (Å²) in [6.45, 7) is 4.12. The highest BCUT2D eigenvalue weighted by molar-refractivity contribution is 5.68. The predicted molar refractivity (Wildman–Crippen MR) is 75.6 cm³/mol. The zero-order chi connectivity index (χ0) is 13.1. The van der Waals surface area contributed by atoms with Crippen LogP contribution in [0.2, 0.25) is 0 Å². The highest BCUT2D eigenvalue weighted by Gasteiger charge is 2.12. The van der Waals surface area contributed by atoms with Crippen LogP contribution < -0.4 is 10.2 Å². The zero-order valence-electron chi connectivity index (χ0n) is 11.2. The van der Waals surface area contributed by atoms with Crippen molar-refractivity contribution < 1.29 is 0 Å². The average Bonchev–Trinajstić information content (AvgIpc) is 2.39. The molecule has 0 bridgehead atoms. The highest BCUT2D eigenvalue weighted by Crippen LogP contribution is 2.29. The van der Waals surface area contributed by atoms with Crippen LogP contribution in [0.15, 0.2) is 30.6 Å². The van der Waals surface area contributed by atoms with Gasteiger partial charge in [0.1, 0.15) is 18.0 Å². The van der Waals surface area contributed by atoms with Gasteiger partial charge in [0, 0.05) is 25.3 Å². The van der Waals surface area contributed by atoms with E-state index >= 15 is 0 Å². The Morgan fingerprint density at radius 2 is 1.83 bits per heavy atom. The summed E-state index contributed by atoms with van der Waals surface area (Å²) in [5.41, 5.74) is 3.43. The van der Waals surface area contributed by atoms with Crippen molar-refractivity contribution in [1.82, 2.24) is 9.97 Å². The first-order chi connectivity index (χ1) is 8.65. The third-order valence-corrected chi connectivity index (χ3v) is 3.09. The number of anilines is 3. The van der Waals surface area contributed by atoms with E-state index in [0.717, 1.165) is 22.9 Å². The van der Waals surface area contributed by atoms with Gasteiger partial charge in [-0.2, -0.15) is 0 Å². The average molecular weight is 242 g/mol. The first-order valence-electron chi connectivity index (χ1n) is 5.94.